The van der Waals surface area contributed by atoms with E-state index in [1.807, 2.05) is 7.11 Å². The van der Waals surface area contributed by atoms with Crippen molar-refractivity contribution in [2.75, 3.05) is 20.2 Å². The van der Waals surface area contributed by atoms with Crippen LogP contribution in [0.25, 0.3) is 0 Å². The molecule has 17 heavy (non-hydrogen) atoms. The lowest BCUT2D eigenvalue weighted by Gasteiger charge is -2.29. The van der Waals surface area contributed by atoms with Crippen molar-refractivity contribution >= 4 is 0 Å². The van der Waals surface area contributed by atoms with Gasteiger partial charge in [0.15, 0.2) is 0 Å². The van der Waals surface area contributed by atoms with Crippen LogP contribution < -0.4 is 11.1 Å². The Hall–Kier alpha value is -0.120. The van der Waals surface area contributed by atoms with Gasteiger partial charge in [0.2, 0.25) is 0 Å². The Labute approximate surface area is 105 Å². The van der Waals surface area contributed by atoms with Crippen molar-refractivity contribution in [2.24, 2.45) is 17.6 Å². The van der Waals surface area contributed by atoms with Gasteiger partial charge >= 0.3 is 0 Å². The quantitative estimate of drug-likeness (QED) is 0.771. The lowest BCUT2D eigenvalue weighted by Crippen LogP contribution is -2.40. The Balaban J connectivity index is 1.65. The Morgan fingerprint density at radius 2 is 1.76 bits per heavy atom. The molecule has 0 heterocycles. The molecule has 2 atom stereocenters. The number of rotatable bonds is 5. The fourth-order valence-electron chi connectivity index (χ4n) is 3.43. The van der Waals surface area contributed by atoms with Crippen molar-refractivity contribution in [1.29, 1.82) is 0 Å². The van der Waals surface area contributed by atoms with Crippen molar-refractivity contribution in [3.05, 3.63) is 0 Å². The Kier molecular flexibility index (Phi) is 5.26. The summed E-state index contributed by atoms with van der Waals surface area (Å²) >= 11 is 0. The molecular weight excluding hydrogens is 212 g/mol. The number of methoxy groups -OCH3 is 1. The van der Waals surface area contributed by atoms with Gasteiger partial charge in [-0.15, -0.1) is 0 Å². The minimum absolute atomic E-state index is 0.454. The molecule has 2 fully saturated rings. The van der Waals surface area contributed by atoms with Gasteiger partial charge in [-0.25, -0.2) is 0 Å². The number of hydrogen-bond acceptors (Lipinski definition) is 3. The minimum Gasteiger partial charge on any atom is -0.380 e. The van der Waals surface area contributed by atoms with Crippen LogP contribution in [0.5, 0.6) is 0 Å². The fraction of sp³-hybridized carbons (Fsp3) is 1.00. The summed E-state index contributed by atoms with van der Waals surface area (Å²) in [6.45, 7) is 2.07. The van der Waals surface area contributed by atoms with Crippen LogP contribution in [0.1, 0.15) is 44.9 Å². The molecule has 3 N–H and O–H groups in total. The molecule has 3 heteroatoms. The van der Waals surface area contributed by atoms with Gasteiger partial charge in [0.1, 0.15) is 0 Å². The van der Waals surface area contributed by atoms with Crippen LogP contribution in [0, 0.1) is 11.8 Å². The molecule has 0 radical (unpaired) electrons. The second-order valence-corrected chi connectivity index (χ2v) is 5.84. The third kappa shape index (κ3) is 3.67. The molecule has 2 unspecified atom stereocenters. The predicted octanol–water partition coefficient (Wildman–Crippen LogP) is 1.91. The van der Waals surface area contributed by atoms with Gasteiger partial charge in [0.05, 0.1) is 6.10 Å². The highest BCUT2D eigenvalue weighted by Crippen LogP contribution is 2.28. The second-order valence-electron chi connectivity index (χ2n) is 5.84. The van der Waals surface area contributed by atoms with Crippen molar-refractivity contribution in [3.8, 4) is 0 Å². The van der Waals surface area contributed by atoms with Crippen molar-refractivity contribution < 1.29 is 4.74 Å². The number of ether oxygens (including phenoxy) is 1. The van der Waals surface area contributed by atoms with Gasteiger partial charge < -0.3 is 15.8 Å². The number of nitrogens with one attached hydrogen (secondary N) is 1. The largest absolute Gasteiger partial charge is 0.380 e. The molecule has 2 saturated carbocycles. The molecule has 2 rings (SSSR count). The molecule has 0 bridgehead atoms. The molecule has 0 saturated heterocycles. The number of hydrogen-bond donors (Lipinski definition) is 2. The van der Waals surface area contributed by atoms with E-state index in [4.69, 9.17) is 10.5 Å². The molecule has 3 nitrogen and oxygen atoms in total. The first-order valence-corrected chi connectivity index (χ1v) is 7.29. The molecular formula is C14H28N2O. The van der Waals surface area contributed by atoms with E-state index in [-0.39, 0.29) is 0 Å². The average molecular weight is 240 g/mol. The third-order valence-electron chi connectivity index (χ3n) is 4.72. The van der Waals surface area contributed by atoms with E-state index in [9.17, 15) is 0 Å². The molecule has 0 spiro atoms. The van der Waals surface area contributed by atoms with Crippen LogP contribution in [-0.4, -0.2) is 32.3 Å². The van der Waals surface area contributed by atoms with E-state index in [0.717, 1.165) is 18.4 Å². The summed E-state index contributed by atoms with van der Waals surface area (Å²) in [7, 11) is 1.84. The van der Waals surface area contributed by atoms with Crippen LogP contribution in [0.15, 0.2) is 0 Å². The number of nitrogens with two attached hydrogens (primary N) is 1. The van der Waals surface area contributed by atoms with Crippen molar-refractivity contribution in [1.82, 2.24) is 5.32 Å². The fourth-order valence-corrected chi connectivity index (χ4v) is 3.43. The summed E-state index contributed by atoms with van der Waals surface area (Å²) in [6.07, 6.45) is 9.68. The summed E-state index contributed by atoms with van der Waals surface area (Å²) in [6, 6.07) is 0.604. The second kappa shape index (κ2) is 6.72. The van der Waals surface area contributed by atoms with Gasteiger partial charge in [-0.2, -0.15) is 0 Å². The van der Waals surface area contributed by atoms with Crippen molar-refractivity contribution in [3.63, 3.8) is 0 Å². The minimum atomic E-state index is 0.454. The third-order valence-corrected chi connectivity index (χ3v) is 4.72. The molecule has 100 valence electrons. The summed E-state index contributed by atoms with van der Waals surface area (Å²) < 4.78 is 5.52. The molecule has 0 aromatic heterocycles. The first-order chi connectivity index (χ1) is 8.33. The van der Waals surface area contributed by atoms with Crippen molar-refractivity contribution in [2.45, 2.75) is 57.1 Å². The summed E-state index contributed by atoms with van der Waals surface area (Å²) in [5, 5.41) is 3.73. The lowest BCUT2D eigenvalue weighted by molar-refractivity contribution is 0.0826. The summed E-state index contributed by atoms with van der Waals surface area (Å²) in [5.74, 6) is 1.67. The topological polar surface area (TPSA) is 47.3 Å². The smallest absolute Gasteiger partial charge is 0.0724 e. The Bertz CT molecular complexity index is 214. The highest BCUT2D eigenvalue weighted by atomic mass is 16.5. The van der Waals surface area contributed by atoms with E-state index in [0.29, 0.717) is 12.1 Å². The zero-order chi connectivity index (χ0) is 12.1. The molecule has 0 amide bonds. The molecule has 0 aromatic carbocycles. The average Bonchev–Trinajstić information content (AvgIpc) is 2.84. The van der Waals surface area contributed by atoms with E-state index < -0.39 is 0 Å². The maximum Gasteiger partial charge on any atom is 0.0724 e. The van der Waals surface area contributed by atoms with E-state index >= 15 is 0 Å². The van der Waals surface area contributed by atoms with Crippen LogP contribution in [0.2, 0.25) is 0 Å². The van der Waals surface area contributed by atoms with E-state index in [1.165, 1.54) is 51.5 Å². The Morgan fingerprint density at radius 3 is 2.41 bits per heavy atom. The monoisotopic (exact) mass is 240 g/mol. The van der Waals surface area contributed by atoms with Gasteiger partial charge in [-0.05, 0) is 69.9 Å². The van der Waals surface area contributed by atoms with Gasteiger partial charge in [0.25, 0.3) is 0 Å². The summed E-state index contributed by atoms with van der Waals surface area (Å²) in [4.78, 5) is 0. The van der Waals surface area contributed by atoms with Gasteiger partial charge in [-0.3, -0.25) is 0 Å². The zero-order valence-electron chi connectivity index (χ0n) is 11.2. The van der Waals surface area contributed by atoms with Crippen LogP contribution >= 0.6 is 0 Å². The Morgan fingerprint density at radius 1 is 1.06 bits per heavy atom. The normalized spacial score (nSPS) is 38.5. The van der Waals surface area contributed by atoms with E-state index in [2.05, 4.69) is 5.32 Å². The highest BCUT2D eigenvalue weighted by Gasteiger charge is 2.28. The molecule has 2 aliphatic rings. The maximum absolute atomic E-state index is 5.73. The van der Waals surface area contributed by atoms with Crippen LogP contribution in [0.4, 0.5) is 0 Å². The van der Waals surface area contributed by atoms with Crippen LogP contribution in [0.3, 0.4) is 0 Å². The molecule has 0 aliphatic heterocycles. The predicted molar refractivity (Wildman–Crippen MR) is 70.9 cm³/mol. The molecule has 2 aliphatic carbocycles. The van der Waals surface area contributed by atoms with Gasteiger partial charge in [0, 0.05) is 13.2 Å². The SMILES string of the molecule is COC1CCCC1NCC1CCC(CN)CC1. The standard InChI is InChI=1S/C14H28N2O/c1-17-14-4-2-3-13(14)16-10-12-7-5-11(9-15)6-8-12/h11-14,16H,2-10,15H2,1H3. The van der Waals surface area contributed by atoms with Crippen LogP contribution in [-0.2, 0) is 4.74 Å². The van der Waals surface area contributed by atoms with E-state index in [1.54, 1.807) is 0 Å². The van der Waals surface area contributed by atoms with Gasteiger partial charge in [-0.1, -0.05) is 0 Å². The first kappa shape index (κ1) is 13.3. The zero-order valence-corrected chi connectivity index (χ0v) is 11.2. The first-order valence-electron chi connectivity index (χ1n) is 7.29. The lowest BCUT2D eigenvalue weighted by atomic mass is 9.82. The maximum atomic E-state index is 5.73. The highest BCUT2D eigenvalue weighted by molar-refractivity contribution is 4.85. The summed E-state index contributed by atoms with van der Waals surface area (Å²) in [5.41, 5.74) is 5.73. The molecule has 0 aromatic rings.